The fourth-order valence-corrected chi connectivity index (χ4v) is 10.1. The van der Waals surface area contributed by atoms with Crippen LogP contribution in [0.25, 0.3) is 0 Å². The van der Waals surface area contributed by atoms with Gasteiger partial charge in [0, 0.05) is 7.26 Å². The fraction of sp³-hybridized carbons (Fsp3) is 1.00. The molecular formula is C30H64F6P2. The zero-order chi connectivity index (χ0) is 29.3. The summed E-state index contributed by atoms with van der Waals surface area (Å²) in [5, 5.41) is 0. The third-order valence-corrected chi connectivity index (χ3v) is 12.5. The summed E-state index contributed by atoms with van der Waals surface area (Å²) >= 11 is 0. The molecule has 38 heavy (non-hydrogen) atoms. The van der Waals surface area contributed by atoms with Gasteiger partial charge in [-0.1, -0.05) is 118 Å². The predicted octanol–water partition coefficient (Wildman–Crippen LogP) is 15.0. The van der Waals surface area contributed by atoms with Crippen molar-refractivity contribution in [2.45, 2.75) is 169 Å². The van der Waals surface area contributed by atoms with E-state index < -0.39 is 15.1 Å². The molecule has 0 spiro atoms. The van der Waals surface area contributed by atoms with Crippen LogP contribution in [0.3, 0.4) is 0 Å². The van der Waals surface area contributed by atoms with Crippen LogP contribution >= 0.6 is 15.1 Å². The van der Waals surface area contributed by atoms with Crippen molar-refractivity contribution in [2.75, 3.05) is 24.6 Å². The van der Waals surface area contributed by atoms with E-state index in [-0.39, 0.29) is 0 Å². The van der Waals surface area contributed by atoms with Crippen LogP contribution in [0.4, 0.5) is 25.2 Å². The van der Waals surface area contributed by atoms with Gasteiger partial charge in [-0.15, -0.1) is 0 Å². The number of halogens is 6. The van der Waals surface area contributed by atoms with Gasteiger partial charge in [0.25, 0.3) is 0 Å². The number of rotatable bonds is 26. The Kier molecular flexibility index (Phi) is 23.6. The predicted molar refractivity (Wildman–Crippen MR) is 164 cm³/mol. The molecule has 0 rings (SSSR count). The molecule has 0 aromatic heterocycles. The van der Waals surface area contributed by atoms with Gasteiger partial charge in [-0.05, 0) is 51.4 Å². The molecular weight excluding hydrogens is 536 g/mol. The van der Waals surface area contributed by atoms with Crippen molar-refractivity contribution >= 4 is 15.1 Å². The molecule has 0 heterocycles. The van der Waals surface area contributed by atoms with E-state index in [0.717, 1.165) is 0 Å². The van der Waals surface area contributed by atoms with Crippen LogP contribution in [-0.4, -0.2) is 24.6 Å². The summed E-state index contributed by atoms with van der Waals surface area (Å²) in [5.41, 5.74) is 0. The molecule has 0 nitrogen and oxygen atoms in total. The van der Waals surface area contributed by atoms with Gasteiger partial charge in [0.15, 0.2) is 0 Å². The Hall–Kier alpha value is 0.440. The topological polar surface area (TPSA) is 0 Å². The zero-order valence-corrected chi connectivity index (χ0v) is 27.3. The van der Waals surface area contributed by atoms with Crippen molar-refractivity contribution in [1.82, 2.24) is 0 Å². The quantitative estimate of drug-likeness (QED) is 0.0526. The van der Waals surface area contributed by atoms with Crippen molar-refractivity contribution in [1.29, 1.82) is 0 Å². The van der Waals surface area contributed by atoms with E-state index in [1.54, 1.807) is 50.3 Å². The monoisotopic (exact) mass is 600 g/mol. The molecule has 236 valence electrons. The molecule has 0 aliphatic carbocycles. The van der Waals surface area contributed by atoms with Gasteiger partial charge in [0.2, 0.25) is 0 Å². The van der Waals surface area contributed by atoms with Gasteiger partial charge in [-0.25, -0.2) is 0 Å². The zero-order valence-electron chi connectivity index (χ0n) is 25.5. The van der Waals surface area contributed by atoms with Gasteiger partial charge >= 0.3 is 33.0 Å². The molecule has 0 amide bonds. The van der Waals surface area contributed by atoms with Gasteiger partial charge in [-0.2, -0.15) is 0 Å². The van der Waals surface area contributed by atoms with E-state index in [0.29, 0.717) is 0 Å². The number of hydrogen-bond donors (Lipinski definition) is 0. The first kappa shape index (κ1) is 40.6. The Bertz CT molecular complexity index is 465. The maximum atomic E-state index is 9.87. The molecule has 8 heteroatoms. The number of hydrogen-bond acceptors (Lipinski definition) is 0. The summed E-state index contributed by atoms with van der Waals surface area (Å²) in [6.07, 6.45) is 39.1. The minimum absolute atomic E-state index is 0.691. The first-order valence-corrected chi connectivity index (χ1v) is 20.7. The standard InChI is InChI=1S/C30H64P.F6P/c1-5-9-13-17-18-19-20-21-22-26-30-31(27-23-14-10-6-2,28-24-15-11-7-3)29-25-16-12-8-4;1-7(2,3,4,5)6/h5-30H2,1-4H3;/q+1;-1. The summed E-state index contributed by atoms with van der Waals surface area (Å²) in [4.78, 5) is 0. The third-order valence-electron chi connectivity index (χ3n) is 7.44. The second kappa shape index (κ2) is 22.1. The average molecular weight is 601 g/mol. The molecule has 0 N–H and O–H groups in total. The molecule has 0 saturated heterocycles. The summed E-state index contributed by atoms with van der Waals surface area (Å²) in [5.74, 6) is 0. The van der Waals surface area contributed by atoms with E-state index >= 15 is 0 Å². The van der Waals surface area contributed by atoms with Gasteiger partial charge in [0.1, 0.15) is 0 Å². The summed E-state index contributed by atoms with van der Waals surface area (Å²) in [7, 11) is -11.3. The molecule has 0 atom stereocenters. The summed E-state index contributed by atoms with van der Waals surface area (Å²) in [6, 6.07) is 0. The molecule has 0 bridgehead atoms. The van der Waals surface area contributed by atoms with Crippen molar-refractivity contribution in [3.8, 4) is 0 Å². The van der Waals surface area contributed by atoms with Crippen LogP contribution in [0.15, 0.2) is 0 Å². The number of unbranched alkanes of at least 4 members (excludes halogenated alkanes) is 18. The van der Waals surface area contributed by atoms with E-state index in [2.05, 4.69) is 27.7 Å². The molecule has 0 aromatic rings. The van der Waals surface area contributed by atoms with Crippen LogP contribution in [0.2, 0.25) is 0 Å². The van der Waals surface area contributed by atoms with Crippen LogP contribution in [0.5, 0.6) is 0 Å². The molecule has 0 radical (unpaired) electrons. The maximum absolute atomic E-state index is 10.7. The Morgan fingerprint density at radius 3 is 0.684 bits per heavy atom. The van der Waals surface area contributed by atoms with E-state index in [1.165, 1.54) is 116 Å². The van der Waals surface area contributed by atoms with Crippen LogP contribution in [0.1, 0.15) is 169 Å². The van der Waals surface area contributed by atoms with Crippen LogP contribution in [-0.2, 0) is 0 Å². The molecule has 0 aromatic carbocycles. The SMILES string of the molecule is CCCCCCCCCCCC[P+](CCCCCC)(CCCCCC)CCCCCC.F[P-](F)(F)(F)(F)F. The Labute approximate surface area is 233 Å². The van der Waals surface area contributed by atoms with Gasteiger partial charge < -0.3 is 0 Å². The van der Waals surface area contributed by atoms with Gasteiger partial charge in [-0.3, -0.25) is 0 Å². The molecule has 0 aliphatic rings. The summed E-state index contributed by atoms with van der Waals surface area (Å²) < 4.78 is 59.2. The van der Waals surface area contributed by atoms with Crippen molar-refractivity contribution < 1.29 is 25.2 Å². The molecule has 0 aliphatic heterocycles. The second-order valence-electron chi connectivity index (χ2n) is 11.6. The van der Waals surface area contributed by atoms with Gasteiger partial charge in [0.05, 0.1) is 24.6 Å². The van der Waals surface area contributed by atoms with E-state index in [9.17, 15) is 25.2 Å². The second-order valence-corrected chi connectivity index (χ2v) is 17.9. The average Bonchev–Trinajstić information content (AvgIpc) is 2.81. The van der Waals surface area contributed by atoms with Crippen molar-refractivity contribution in [2.24, 2.45) is 0 Å². The van der Waals surface area contributed by atoms with E-state index in [4.69, 9.17) is 0 Å². The molecule has 0 saturated carbocycles. The first-order valence-electron chi connectivity index (χ1n) is 16.1. The Morgan fingerprint density at radius 2 is 0.474 bits per heavy atom. The normalized spacial score (nSPS) is 14.1. The Balaban J connectivity index is 0. The minimum atomic E-state index is -10.7. The molecule has 0 unspecified atom stereocenters. The van der Waals surface area contributed by atoms with Crippen LogP contribution in [0, 0.1) is 0 Å². The fourth-order valence-electron chi connectivity index (χ4n) is 5.23. The van der Waals surface area contributed by atoms with E-state index in [1.807, 2.05) is 0 Å². The Morgan fingerprint density at radius 1 is 0.316 bits per heavy atom. The third kappa shape index (κ3) is 38.6. The first-order chi connectivity index (χ1) is 17.7. The van der Waals surface area contributed by atoms with Crippen molar-refractivity contribution in [3.05, 3.63) is 0 Å². The summed E-state index contributed by atoms with van der Waals surface area (Å²) in [6.45, 7) is 9.41. The van der Waals surface area contributed by atoms with Crippen molar-refractivity contribution in [3.63, 3.8) is 0 Å². The van der Waals surface area contributed by atoms with Crippen LogP contribution < -0.4 is 0 Å². The molecule has 0 fully saturated rings.